The van der Waals surface area contributed by atoms with Crippen molar-refractivity contribution in [3.05, 3.63) is 53.6 Å². The largest absolute Gasteiger partial charge is 0.497 e. The van der Waals surface area contributed by atoms with Crippen LogP contribution in [-0.4, -0.2) is 13.7 Å². The fourth-order valence-corrected chi connectivity index (χ4v) is 2.05. The fourth-order valence-electron chi connectivity index (χ4n) is 2.05. The number of ether oxygens (including phenoxy) is 1. The summed E-state index contributed by atoms with van der Waals surface area (Å²) in [6, 6.07) is 14.1. The van der Waals surface area contributed by atoms with Crippen LogP contribution in [0.3, 0.4) is 0 Å². The highest BCUT2D eigenvalue weighted by molar-refractivity contribution is 5.68. The molecule has 0 spiro atoms. The van der Waals surface area contributed by atoms with Gasteiger partial charge in [-0.2, -0.15) is 0 Å². The molecular formula is C16H20N2O. The van der Waals surface area contributed by atoms with Gasteiger partial charge in [-0.1, -0.05) is 24.3 Å². The molecule has 0 atom stereocenters. The summed E-state index contributed by atoms with van der Waals surface area (Å²) >= 11 is 0. The molecule has 19 heavy (non-hydrogen) atoms. The number of anilines is 2. The van der Waals surface area contributed by atoms with E-state index >= 15 is 0 Å². The number of nitrogen functional groups attached to an aromatic ring is 1. The lowest BCUT2D eigenvalue weighted by Crippen LogP contribution is -2.07. The molecule has 3 heteroatoms. The van der Waals surface area contributed by atoms with E-state index in [0.717, 1.165) is 24.4 Å². The molecule has 0 aliphatic rings. The number of benzene rings is 2. The van der Waals surface area contributed by atoms with Crippen molar-refractivity contribution in [2.24, 2.45) is 0 Å². The van der Waals surface area contributed by atoms with E-state index in [2.05, 4.69) is 36.5 Å². The molecule has 0 heterocycles. The van der Waals surface area contributed by atoms with Gasteiger partial charge in [-0.05, 0) is 36.6 Å². The Morgan fingerprint density at radius 1 is 1.16 bits per heavy atom. The van der Waals surface area contributed by atoms with Gasteiger partial charge < -0.3 is 15.8 Å². The third-order valence-corrected chi connectivity index (χ3v) is 3.23. The van der Waals surface area contributed by atoms with Crippen LogP contribution in [0.25, 0.3) is 0 Å². The summed E-state index contributed by atoms with van der Waals surface area (Å²) in [6.07, 6.45) is 0.984. The van der Waals surface area contributed by atoms with Crippen LogP contribution < -0.4 is 15.8 Å². The van der Waals surface area contributed by atoms with Gasteiger partial charge in [-0.15, -0.1) is 0 Å². The van der Waals surface area contributed by atoms with Gasteiger partial charge in [0, 0.05) is 12.6 Å². The molecule has 100 valence electrons. The zero-order valence-electron chi connectivity index (χ0n) is 11.4. The van der Waals surface area contributed by atoms with Crippen LogP contribution in [0.2, 0.25) is 0 Å². The molecule has 0 bridgehead atoms. The maximum atomic E-state index is 5.96. The van der Waals surface area contributed by atoms with Crippen molar-refractivity contribution in [1.29, 1.82) is 0 Å². The zero-order valence-corrected chi connectivity index (χ0v) is 11.4. The summed E-state index contributed by atoms with van der Waals surface area (Å²) < 4.78 is 5.13. The van der Waals surface area contributed by atoms with E-state index in [0.29, 0.717) is 5.69 Å². The van der Waals surface area contributed by atoms with Crippen LogP contribution in [0.4, 0.5) is 11.4 Å². The first-order valence-electron chi connectivity index (χ1n) is 6.42. The molecule has 0 saturated carbocycles. The van der Waals surface area contributed by atoms with Gasteiger partial charge in [-0.3, -0.25) is 0 Å². The predicted octanol–water partition coefficient (Wildman–Crippen LogP) is 3.24. The number of hydrogen-bond donors (Lipinski definition) is 2. The van der Waals surface area contributed by atoms with E-state index in [4.69, 9.17) is 10.5 Å². The summed E-state index contributed by atoms with van der Waals surface area (Å²) in [5, 5.41) is 3.36. The second kappa shape index (κ2) is 6.14. The first-order valence-corrected chi connectivity index (χ1v) is 6.42. The minimum Gasteiger partial charge on any atom is -0.497 e. The lowest BCUT2D eigenvalue weighted by Gasteiger charge is -2.11. The van der Waals surface area contributed by atoms with Crippen molar-refractivity contribution in [3.8, 4) is 5.75 Å². The van der Waals surface area contributed by atoms with Crippen LogP contribution in [0.1, 0.15) is 11.1 Å². The van der Waals surface area contributed by atoms with Gasteiger partial charge in [-0.25, -0.2) is 0 Å². The minimum absolute atomic E-state index is 0.712. The van der Waals surface area contributed by atoms with E-state index in [-0.39, 0.29) is 0 Å². The third kappa shape index (κ3) is 3.41. The highest BCUT2D eigenvalue weighted by Gasteiger charge is 2.01. The molecule has 0 fully saturated rings. The van der Waals surface area contributed by atoms with Gasteiger partial charge in [0.15, 0.2) is 0 Å². The molecule has 2 rings (SSSR count). The smallest absolute Gasteiger partial charge is 0.121 e. The number of rotatable bonds is 5. The van der Waals surface area contributed by atoms with E-state index in [1.807, 2.05) is 18.2 Å². The van der Waals surface area contributed by atoms with E-state index < -0.39 is 0 Å². The molecule has 3 N–H and O–H groups in total. The molecule has 3 nitrogen and oxygen atoms in total. The average molecular weight is 256 g/mol. The second-order valence-corrected chi connectivity index (χ2v) is 4.56. The van der Waals surface area contributed by atoms with Crippen molar-refractivity contribution in [1.82, 2.24) is 0 Å². The highest BCUT2D eigenvalue weighted by atomic mass is 16.5. The Hall–Kier alpha value is -2.16. The van der Waals surface area contributed by atoms with Crippen molar-refractivity contribution in [2.45, 2.75) is 13.3 Å². The van der Waals surface area contributed by atoms with Crippen LogP contribution in [0, 0.1) is 6.92 Å². The molecular weight excluding hydrogens is 236 g/mol. The molecule has 0 aliphatic carbocycles. The minimum atomic E-state index is 0.712. The molecule has 2 aromatic rings. The van der Waals surface area contributed by atoms with Crippen molar-refractivity contribution < 1.29 is 4.74 Å². The summed E-state index contributed by atoms with van der Waals surface area (Å²) in [7, 11) is 1.64. The molecule has 0 aliphatic heterocycles. The van der Waals surface area contributed by atoms with Gasteiger partial charge in [0.1, 0.15) is 5.75 Å². The summed E-state index contributed by atoms with van der Waals surface area (Å²) in [6.45, 7) is 3.00. The molecule has 0 unspecified atom stereocenters. The summed E-state index contributed by atoms with van der Waals surface area (Å²) in [5.41, 5.74) is 10.3. The standard InChI is InChI=1S/C16H20N2O/c1-12-5-3-4-6-13(12)9-10-18-16-8-7-14(19-2)11-15(16)17/h3-8,11,18H,9-10,17H2,1-2H3. The van der Waals surface area contributed by atoms with Crippen LogP contribution in [-0.2, 0) is 6.42 Å². The number of nitrogens with two attached hydrogens (primary N) is 1. The first-order chi connectivity index (χ1) is 9.20. The Morgan fingerprint density at radius 3 is 2.63 bits per heavy atom. The maximum Gasteiger partial charge on any atom is 0.121 e. The van der Waals surface area contributed by atoms with Crippen molar-refractivity contribution in [2.75, 3.05) is 24.7 Å². The van der Waals surface area contributed by atoms with Gasteiger partial charge in [0.05, 0.1) is 18.5 Å². The second-order valence-electron chi connectivity index (χ2n) is 4.56. The van der Waals surface area contributed by atoms with Crippen LogP contribution >= 0.6 is 0 Å². The topological polar surface area (TPSA) is 47.3 Å². The fraction of sp³-hybridized carbons (Fsp3) is 0.250. The molecule has 0 radical (unpaired) electrons. The van der Waals surface area contributed by atoms with Crippen molar-refractivity contribution in [3.63, 3.8) is 0 Å². The normalized spacial score (nSPS) is 10.2. The SMILES string of the molecule is COc1ccc(NCCc2ccccc2C)c(N)c1. The first kappa shape index (κ1) is 13.3. The van der Waals surface area contributed by atoms with E-state index in [1.54, 1.807) is 7.11 Å². The zero-order chi connectivity index (χ0) is 13.7. The van der Waals surface area contributed by atoms with E-state index in [9.17, 15) is 0 Å². The lowest BCUT2D eigenvalue weighted by atomic mass is 10.1. The predicted molar refractivity (Wildman–Crippen MR) is 80.8 cm³/mol. The Kier molecular flexibility index (Phi) is 4.29. The Bertz CT molecular complexity index is 552. The Morgan fingerprint density at radius 2 is 1.95 bits per heavy atom. The average Bonchev–Trinajstić information content (AvgIpc) is 2.42. The number of nitrogens with one attached hydrogen (secondary N) is 1. The molecule has 0 aromatic heterocycles. The molecule has 2 aromatic carbocycles. The van der Waals surface area contributed by atoms with Gasteiger partial charge >= 0.3 is 0 Å². The Labute approximate surface area is 114 Å². The van der Waals surface area contributed by atoms with Crippen molar-refractivity contribution >= 4 is 11.4 Å². The molecule has 0 saturated heterocycles. The monoisotopic (exact) mass is 256 g/mol. The van der Waals surface area contributed by atoms with Crippen LogP contribution in [0.5, 0.6) is 5.75 Å². The highest BCUT2D eigenvalue weighted by Crippen LogP contribution is 2.24. The lowest BCUT2D eigenvalue weighted by molar-refractivity contribution is 0.415. The van der Waals surface area contributed by atoms with Gasteiger partial charge in [0.2, 0.25) is 0 Å². The number of methoxy groups -OCH3 is 1. The quantitative estimate of drug-likeness (QED) is 0.807. The third-order valence-electron chi connectivity index (χ3n) is 3.23. The summed E-state index contributed by atoms with van der Waals surface area (Å²) in [4.78, 5) is 0. The number of hydrogen-bond acceptors (Lipinski definition) is 3. The summed E-state index contributed by atoms with van der Waals surface area (Å²) in [5.74, 6) is 0.780. The number of aryl methyl sites for hydroxylation is 1. The Balaban J connectivity index is 1.94. The van der Waals surface area contributed by atoms with E-state index in [1.165, 1.54) is 11.1 Å². The molecule has 0 amide bonds. The van der Waals surface area contributed by atoms with Crippen LogP contribution in [0.15, 0.2) is 42.5 Å². The van der Waals surface area contributed by atoms with Gasteiger partial charge in [0.25, 0.3) is 0 Å². The maximum absolute atomic E-state index is 5.96.